The predicted octanol–water partition coefficient (Wildman–Crippen LogP) is 2.44. The lowest BCUT2D eigenvalue weighted by Crippen LogP contribution is -2.24. The van der Waals surface area contributed by atoms with Crippen molar-refractivity contribution in [3.05, 3.63) is 48.3 Å². The molecule has 16 heavy (non-hydrogen) atoms. The maximum atomic E-state index is 12.8. The summed E-state index contributed by atoms with van der Waals surface area (Å²) in [5.41, 5.74) is 0.162. The molecule has 1 aromatic rings. The third-order valence-corrected chi connectivity index (χ3v) is 3.21. The molecule has 1 aliphatic rings. The normalized spacial score (nSPS) is 27.2. The van der Waals surface area contributed by atoms with E-state index in [0.29, 0.717) is 6.42 Å². The second-order valence-corrected chi connectivity index (χ2v) is 4.02. The minimum Gasteiger partial charge on any atom is -0.468 e. The van der Waals surface area contributed by atoms with Crippen molar-refractivity contribution in [2.45, 2.75) is 11.8 Å². The molecule has 1 aliphatic carbocycles. The first-order valence-electron chi connectivity index (χ1n) is 5.12. The molecule has 0 N–H and O–H groups in total. The highest BCUT2D eigenvalue weighted by Gasteiger charge is 2.60. The predicted molar refractivity (Wildman–Crippen MR) is 58.4 cm³/mol. The van der Waals surface area contributed by atoms with Crippen molar-refractivity contribution < 1.29 is 13.9 Å². The Balaban J connectivity index is 2.38. The summed E-state index contributed by atoms with van der Waals surface area (Å²) in [6.45, 7) is 3.70. The summed E-state index contributed by atoms with van der Waals surface area (Å²) >= 11 is 0. The smallest absolute Gasteiger partial charge is 0.316 e. The number of rotatable bonds is 3. The second kappa shape index (κ2) is 3.74. The molecule has 0 unspecified atom stereocenters. The van der Waals surface area contributed by atoms with Crippen LogP contribution in [-0.2, 0) is 14.9 Å². The third-order valence-electron chi connectivity index (χ3n) is 3.21. The highest BCUT2D eigenvalue weighted by atomic mass is 19.1. The number of ether oxygens (including phenoxy) is 1. The fourth-order valence-electron chi connectivity index (χ4n) is 2.19. The molecule has 0 amide bonds. The molecule has 2 nitrogen and oxygen atoms in total. The van der Waals surface area contributed by atoms with Gasteiger partial charge in [-0.1, -0.05) is 18.2 Å². The largest absolute Gasteiger partial charge is 0.468 e. The average molecular weight is 220 g/mol. The van der Waals surface area contributed by atoms with Gasteiger partial charge in [0.05, 0.1) is 12.5 Å². The van der Waals surface area contributed by atoms with Crippen LogP contribution < -0.4 is 0 Å². The van der Waals surface area contributed by atoms with Gasteiger partial charge < -0.3 is 4.74 Å². The Morgan fingerprint density at radius 2 is 2.19 bits per heavy atom. The van der Waals surface area contributed by atoms with Crippen LogP contribution in [-0.4, -0.2) is 13.1 Å². The van der Waals surface area contributed by atoms with Gasteiger partial charge in [-0.25, -0.2) is 4.39 Å². The first kappa shape index (κ1) is 10.9. The third kappa shape index (κ3) is 1.43. The number of halogens is 1. The van der Waals surface area contributed by atoms with Gasteiger partial charge in [0.25, 0.3) is 0 Å². The molecule has 2 atom stereocenters. The zero-order chi connectivity index (χ0) is 11.8. The van der Waals surface area contributed by atoms with Crippen LogP contribution in [0.4, 0.5) is 4.39 Å². The number of methoxy groups -OCH3 is 1. The van der Waals surface area contributed by atoms with Crippen molar-refractivity contribution in [1.82, 2.24) is 0 Å². The standard InChI is InChI=1S/C13H13FO2/c1-3-9-8-13(9,12(15)16-2)10-4-6-11(14)7-5-10/h3-7,9H,1,8H2,2H3/t9-,13+/m1/s1. The van der Waals surface area contributed by atoms with Gasteiger partial charge in [0, 0.05) is 0 Å². The number of hydrogen-bond acceptors (Lipinski definition) is 2. The maximum Gasteiger partial charge on any atom is 0.316 e. The highest BCUT2D eigenvalue weighted by molar-refractivity contribution is 5.88. The summed E-state index contributed by atoms with van der Waals surface area (Å²) in [7, 11) is 1.37. The molecule has 0 spiro atoms. The van der Waals surface area contributed by atoms with Crippen molar-refractivity contribution in [3.8, 4) is 0 Å². The molecule has 1 saturated carbocycles. The lowest BCUT2D eigenvalue weighted by Gasteiger charge is -2.14. The summed E-state index contributed by atoms with van der Waals surface area (Å²) in [4.78, 5) is 11.8. The van der Waals surface area contributed by atoms with Crippen molar-refractivity contribution >= 4 is 5.97 Å². The Bertz CT molecular complexity index is 424. The van der Waals surface area contributed by atoms with Gasteiger partial charge in [0.1, 0.15) is 5.82 Å². The Morgan fingerprint density at radius 1 is 1.56 bits per heavy atom. The van der Waals surface area contributed by atoms with E-state index in [2.05, 4.69) is 6.58 Å². The lowest BCUT2D eigenvalue weighted by molar-refractivity contribution is -0.144. The average Bonchev–Trinajstić information content (AvgIpc) is 3.04. The number of allylic oxidation sites excluding steroid dienone is 1. The topological polar surface area (TPSA) is 26.3 Å². The van der Waals surface area contributed by atoms with E-state index >= 15 is 0 Å². The maximum absolute atomic E-state index is 12.8. The Hall–Kier alpha value is -1.64. The molecule has 0 aliphatic heterocycles. The van der Waals surface area contributed by atoms with Crippen LogP contribution in [0.1, 0.15) is 12.0 Å². The lowest BCUT2D eigenvalue weighted by atomic mass is 9.93. The van der Waals surface area contributed by atoms with E-state index in [-0.39, 0.29) is 17.7 Å². The van der Waals surface area contributed by atoms with E-state index in [1.54, 1.807) is 18.2 Å². The fourth-order valence-corrected chi connectivity index (χ4v) is 2.19. The van der Waals surface area contributed by atoms with E-state index in [1.165, 1.54) is 19.2 Å². The Kier molecular flexibility index (Phi) is 2.54. The monoisotopic (exact) mass is 220 g/mol. The van der Waals surface area contributed by atoms with Crippen LogP contribution in [0, 0.1) is 11.7 Å². The van der Waals surface area contributed by atoms with Crippen molar-refractivity contribution in [3.63, 3.8) is 0 Å². The first-order valence-corrected chi connectivity index (χ1v) is 5.12. The van der Waals surface area contributed by atoms with Gasteiger partial charge in [0.15, 0.2) is 0 Å². The number of hydrogen-bond donors (Lipinski definition) is 0. The summed E-state index contributed by atoms with van der Waals surface area (Å²) in [5, 5.41) is 0. The van der Waals surface area contributed by atoms with Crippen LogP contribution in [0.15, 0.2) is 36.9 Å². The summed E-state index contributed by atoms with van der Waals surface area (Å²) in [5.74, 6) is -0.492. The van der Waals surface area contributed by atoms with E-state index in [9.17, 15) is 9.18 Å². The van der Waals surface area contributed by atoms with Crippen LogP contribution in [0.5, 0.6) is 0 Å². The molecule has 0 saturated heterocycles. The summed E-state index contributed by atoms with van der Waals surface area (Å²) < 4.78 is 17.6. The number of esters is 1. The van der Waals surface area contributed by atoms with Crippen molar-refractivity contribution in [2.24, 2.45) is 5.92 Å². The van der Waals surface area contributed by atoms with Crippen LogP contribution in [0.3, 0.4) is 0 Å². The summed E-state index contributed by atoms with van der Waals surface area (Å²) in [6, 6.07) is 5.99. The molecule has 0 radical (unpaired) electrons. The fraction of sp³-hybridized carbons (Fsp3) is 0.308. The Morgan fingerprint density at radius 3 is 2.62 bits per heavy atom. The highest BCUT2D eigenvalue weighted by Crippen LogP contribution is 2.55. The molecular weight excluding hydrogens is 207 g/mol. The van der Waals surface area contributed by atoms with Gasteiger partial charge in [-0.3, -0.25) is 4.79 Å². The molecule has 2 rings (SSSR count). The number of benzene rings is 1. The van der Waals surface area contributed by atoms with E-state index in [4.69, 9.17) is 4.74 Å². The quantitative estimate of drug-likeness (QED) is 0.577. The van der Waals surface area contributed by atoms with Gasteiger partial charge >= 0.3 is 5.97 Å². The van der Waals surface area contributed by atoms with Gasteiger partial charge in [-0.15, -0.1) is 6.58 Å². The molecule has 1 fully saturated rings. The van der Waals surface area contributed by atoms with E-state index in [0.717, 1.165) is 5.56 Å². The molecule has 84 valence electrons. The van der Waals surface area contributed by atoms with Crippen LogP contribution in [0.25, 0.3) is 0 Å². The molecule has 1 aromatic carbocycles. The van der Waals surface area contributed by atoms with Crippen molar-refractivity contribution in [1.29, 1.82) is 0 Å². The van der Waals surface area contributed by atoms with E-state index in [1.807, 2.05) is 0 Å². The first-order chi connectivity index (χ1) is 7.65. The molecule has 0 heterocycles. The molecular formula is C13H13FO2. The van der Waals surface area contributed by atoms with Crippen molar-refractivity contribution in [2.75, 3.05) is 7.11 Å². The minimum absolute atomic E-state index is 0.0883. The van der Waals surface area contributed by atoms with Gasteiger partial charge in [0.2, 0.25) is 0 Å². The second-order valence-electron chi connectivity index (χ2n) is 4.02. The van der Waals surface area contributed by atoms with Gasteiger partial charge in [-0.05, 0) is 30.0 Å². The minimum atomic E-state index is -0.635. The van der Waals surface area contributed by atoms with Crippen LogP contribution in [0.2, 0.25) is 0 Å². The van der Waals surface area contributed by atoms with Gasteiger partial charge in [-0.2, -0.15) is 0 Å². The molecule has 0 bridgehead atoms. The zero-order valence-electron chi connectivity index (χ0n) is 9.07. The zero-order valence-corrected chi connectivity index (χ0v) is 9.07. The Labute approximate surface area is 93.7 Å². The van der Waals surface area contributed by atoms with Crippen LogP contribution >= 0.6 is 0 Å². The molecule has 3 heteroatoms. The summed E-state index contributed by atoms with van der Waals surface area (Å²) in [6.07, 6.45) is 2.44. The molecule has 0 aromatic heterocycles. The number of carbonyl (C=O) groups excluding carboxylic acids is 1. The SMILES string of the molecule is C=C[C@@H]1C[C@@]1(C(=O)OC)c1ccc(F)cc1. The van der Waals surface area contributed by atoms with E-state index < -0.39 is 5.41 Å². The number of carbonyl (C=O) groups is 1.